The second-order valence-electron chi connectivity index (χ2n) is 5.51. The molecule has 0 aromatic carbocycles. The molecule has 0 bridgehead atoms. The number of rotatable bonds is 5. The molecule has 3 atom stereocenters. The van der Waals surface area contributed by atoms with Crippen molar-refractivity contribution in [3.63, 3.8) is 0 Å². The molecule has 0 aromatic rings. The van der Waals surface area contributed by atoms with E-state index in [1.807, 2.05) is 7.05 Å². The van der Waals surface area contributed by atoms with E-state index < -0.39 is 5.54 Å². The summed E-state index contributed by atoms with van der Waals surface area (Å²) in [5, 5.41) is 3.11. The zero-order chi connectivity index (χ0) is 13.7. The average molecular weight is 271 g/mol. The first-order chi connectivity index (χ1) is 9.20. The van der Waals surface area contributed by atoms with E-state index in [-0.39, 0.29) is 18.2 Å². The number of carbonyl (C=O) groups is 1. The van der Waals surface area contributed by atoms with Crippen LogP contribution in [0.1, 0.15) is 38.5 Å². The number of esters is 1. The van der Waals surface area contributed by atoms with Crippen LogP contribution < -0.4 is 5.32 Å². The lowest BCUT2D eigenvalue weighted by Gasteiger charge is -2.26. The van der Waals surface area contributed by atoms with Gasteiger partial charge >= 0.3 is 5.97 Å². The molecule has 1 saturated heterocycles. The molecule has 0 aromatic heterocycles. The fourth-order valence-electron chi connectivity index (χ4n) is 3.03. The fourth-order valence-corrected chi connectivity index (χ4v) is 3.03. The van der Waals surface area contributed by atoms with E-state index in [0.717, 1.165) is 32.3 Å². The molecule has 2 rings (SSSR count). The van der Waals surface area contributed by atoms with Gasteiger partial charge in [-0.15, -0.1) is 0 Å². The number of methoxy groups -OCH3 is 1. The largest absolute Gasteiger partial charge is 0.468 e. The third-order valence-electron chi connectivity index (χ3n) is 4.32. The normalized spacial score (nSPS) is 35.3. The van der Waals surface area contributed by atoms with Crippen LogP contribution in [0.2, 0.25) is 0 Å². The molecule has 110 valence electrons. The topological polar surface area (TPSA) is 56.8 Å². The van der Waals surface area contributed by atoms with Crippen LogP contribution >= 0.6 is 0 Å². The summed E-state index contributed by atoms with van der Waals surface area (Å²) in [5.41, 5.74) is -0.563. The first-order valence-corrected chi connectivity index (χ1v) is 7.21. The van der Waals surface area contributed by atoms with Crippen molar-refractivity contribution < 1.29 is 19.0 Å². The van der Waals surface area contributed by atoms with Gasteiger partial charge in [0.1, 0.15) is 5.54 Å². The molecule has 0 amide bonds. The number of hydrogen-bond donors (Lipinski definition) is 1. The Hall–Kier alpha value is -0.650. The van der Waals surface area contributed by atoms with E-state index in [1.54, 1.807) is 0 Å². The van der Waals surface area contributed by atoms with Crippen molar-refractivity contribution in [2.75, 3.05) is 27.4 Å². The summed E-state index contributed by atoms with van der Waals surface area (Å²) < 4.78 is 16.5. The van der Waals surface area contributed by atoms with Crippen molar-refractivity contribution in [2.24, 2.45) is 0 Å². The molecular weight excluding hydrogens is 246 g/mol. The van der Waals surface area contributed by atoms with Gasteiger partial charge in [-0.2, -0.15) is 0 Å². The van der Waals surface area contributed by atoms with E-state index >= 15 is 0 Å². The van der Waals surface area contributed by atoms with Crippen LogP contribution in [0, 0.1) is 0 Å². The van der Waals surface area contributed by atoms with Crippen molar-refractivity contribution in [3.05, 3.63) is 0 Å². The third kappa shape index (κ3) is 3.46. The lowest BCUT2D eigenvalue weighted by atomic mass is 9.98. The Morgan fingerprint density at radius 1 is 1.42 bits per heavy atom. The lowest BCUT2D eigenvalue weighted by molar-refractivity contribution is -0.148. The van der Waals surface area contributed by atoms with E-state index in [4.69, 9.17) is 14.2 Å². The summed E-state index contributed by atoms with van der Waals surface area (Å²) >= 11 is 0. The highest BCUT2D eigenvalue weighted by Crippen LogP contribution is 2.33. The van der Waals surface area contributed by atoms with Gasteiger partial charge in [-0.05, 0) is 39.2 Å². The highest BCUT2D eigenvalue weighted by Gasteiger charge is 2.45. The summed E-state index contributed by atoms with van der Waals surface area (Å²) in [4.78, 5) is 11.9. The minimum absolute atomic E-state index is 0.122. The molecular formula is C14H25NO4. The van der Waals surface area contributed by atoms with E-state index in [1.165, 1.54) is 13.5 Å². The van der Waals surface area contributed by atoms with Crippen LogP contribution in [-0.2, 0) is 19.0 Å². The van der Waals surface area contributed by atoms with E-state index in [9.17, 15) is 4.79 Å². The third-order valence-corrected chi connectivity index (χ3v) is 4.32. The Morgan fingerprint density at radius 3 is 2.89 bits per heavy atom. The van der Waals surface area contributed by atoms with Gasteiger partial charge < -0.3 is 19.5 Å². The molecule has 1 heterocycles. The molecule has 1 N–H and O–H groups in total. The Bertz CT molecular complexity index is 304. The zero-order valence-corrected chi connectivity index (χ0v) is 11.9. The maximum absolute atomic E-state index is 11.9. The fraction of sp³-hybridized carbons (Fsp3) is 0.929. The smallest absolute Gasteiger partial charge is 0.326 e. The molecule has 1 saturated carbocycles. The lowest BCUT2D eigenvalue weighted by Crippen LogP contribution is -2.49. The van der Waals surface area contributed by atoms with Gasteiger partial charge in [0.25, 0.3) is 0 Å². The first kappa shape index (κ1) is 14.8. The predicted octanol–water partition coefficient (Wildman–Crippen LogP) is 1.26. The van der Waals surface area contributed by atoms with Crippen LogP contribution in [0.4, 0.5) is 0 Å². The molecule has 19 heavy (non-hydrogen) atoms. The van der Waals surface area contributed by atoms with Crippen LogP contribution in [0.3, 0.4) is 0 Å². The van der Waals surface area contributed by atoms with Crippen molar-refractivity contribution >= 4 is 5.97 Å². The number of nitrogens with one attached hydrogen (secondary N) is 1. The Labute approximate surface area is 115 Å². The van der Waals surface area contributed by atoms with Crippen LogP contribution in [0.15, 0.2) is 0 Å². The van der Waals surface area contributed by atoms with Crippen LogP contribution in [-0.4, -0.2) is 51.1 Å². The Morgan fingerprint density at radius 2 is 2.26 bits per heavy atom. The zero-order valence-electron chi connectivity index (χ0n) is 11.9. The monoisotopic (exact) mass is 271 g/mol. The highest BCUT2D eigenvalue weighted by atomic mass is 16.5. The van der Waals surface area contributed by atoms with Gasteiger partial charge in [-0.1, -0.05) is 0 Å². The highest BCUT2D eigenvalue weighted by molar-refractivity contribution is 5.81. The Kier molecular flexibility index (Phi) is 5.19. The Balaban J connectivity index is 1.79. The van der Waals surface area contributed by atoms with Crippen LogP contribution in [0.25, 0.3) is 0 Å². The minimum atomic E-state index is -0.563. The van der Waals surface area contributed by atoms with Gasteiger partial charge in [0.05, 0.1) is 25.9 Å². The summed E-state index contributed by atoms with van der Waals surface area (Å²) in [6, 6.07) is 0. The van der Waals surface area contributed by atoms with Gasteiger partial charge in [0, 0.05) is 13.0 Å². The first-order valence-electron chi connectivity index (χ1n) is 7.21. The second-order valence-corrected chi connectivity index (χ2v) is 5.51. The molecule has 1 aliphatic heterocycles. The molecule has 0 radical (unpaired) electrons. The molecule has 5 heteroatoms. The molecule has 5 nitrogen and oxygen atoms in total. The summed E-state index contributed by atoms with van der Waals surface area (Å²) in [6.07, 6.45) is 6.17. The summed E-state index contributed by atoms with van der Waals surface area (Å²) in [6.45, 7) is 1.49. The summed E-state index contributed by atoms with van der Waals surface area (Å²) in [7, 11) is 3.25. The average Bonchev–Trinajstić information content (AvgIpc) is 2.90. The van der Waals surface area contributed by atoms with Gasteiger partial charge in [0.15, 0.2) is 0 Å². The van der Waals surface area contributed by atoms with E-state index in [2.05, 4.69) is 5.32 Å². The van der Waals surface area contributed by atoms with Crippen molar-refractivity contribution in [2.45, 2.75) is 56.3 Å². The quantitative estimate of drug-likeness (QED) is 0.763. The number of likely N-dealkylation sites (N-methyl/N-ethyl adjacent to an activating group) is 1. The predicted molar refractivity (Wildman–Crippen MR) is 71.0 cm³/mol. The standard InChI is InChI=1S/C14H25NO4/c1-15-14(13(16)17-2)7-6-11(9-14)19-10-12-5-3-4-8-18-12/h11-12,15H,3-10H2,1-2H3. The van der Waals surface area contributed by atoms with Crippen molar-refractivity contribution in [3.8, 4) is 0 Å². The molecule has 2 fully saturated rings. The number of ether oxygens (including phenoxy) is 3. The number of carbonyl (C=O) groups excluding carboxylic acids is 1. The number of hydrogen-bond acceptors (Lipinski definition) is 5. The van der Waals surface area contributed by atoms with E-state index in [0.29, 0.717) is 13.0 Å². The van der Waals surface area contributed by atoms with Gasteiger partial charge in [0.2, 0.25) is 0 Å². The van der Waals surface area contributed by atoms with Crippen molar-refractivity contribution in [1.29, 1.82) is 0 Å². The van der Waals surface area contributed by atoms with Crippen LogP contribution in [0.5, 0.6) is 0 Å². The maximum Gasteiger partial charge on any atom is 0.326 e. The summed E-state index contributed by atoms with van der Waals surface area (Å²) in [5.74, 6) is -0.185. The molecule has 3 unspecified atom stereocenters. The maximum atomic E-state index is 11.9. The van der Waals surface area contributed by atoms with Gasteiger partial charge in [-0.25, -0.2) is 0 Å². The molecule has 1 aliphatic carbocycles. The molecule has 0 spiro atoms. The SMILES string of the molecule is CNC1(C(=O)OC)CCC(OCC2CCCCO2)C1. The minimum Gasteiger partial charge on any atom is -0.468 e. The molecule has 2 aliphatic rings. The van der Waals surface area contributed by atoms with Gasteiger partial charge in [-0.3, -0.25) is 4.79 Å². The second kappa shape index (κ2) is 6.68. The van der Waals surface area contributed by atoms with Crippen molar-refractivity contribution in [1.82, 2.24) is 5.32 Å².